The zero-order chi connectivity index (χ0) is 13.9. The highest BCUT2D eigenvalue weighted by Crippen LogP contribution is 2.31. The number of rotatable bonds is 3. The summed E-state index contributed by atoms with van der Waals surface area (Å²) in [5, 5.41) is 0. The van der Waals surface area contributed by atoms with Crippen molar-refractivity contribution in [3.8, 4) is 0 Å². The molecule has 3 rings (SSSR count). The number of amides is 1. The molecule has 0 unspecified atom stereocenters. The molecule has 0 bridgehead atoms. The Morgan fingerprint density at radius 1 is 1.15 bits per heavy atom. The van der Waals surface area contributed by atoms with Crippen molar-refractivity contribution in [2.45, 2.75) is 32.1 Å². The molecule has 108 valence electrons. The van der Waals surface area contributed by atoms with Crippen LogP contribution in [0.3, 0.4) is 0 Å². The van der Waals surface area contributed by atoms with Gasteiger partial charge < -0.3 is 15.5 Å². The van der Waals surface area contributed by atoms with Crippen LogP contribution in [0.25, 0.3) is 0 Å². The van der Waals surface area contributed by atoms with Crippen LogP contribution in [0.5, 0.6) is 0 Å². The molecule has 0 aromatic heterocycles. The van der Waals surface area contributed by atoms with Crippen LogP contribution in [0.4, 0.5) is 11.4 Å². The zero-order valence-electron chi connectivity index (χ0n) is 12.0. The predicted molar refractivity (Wildman–Crippen MR) is 81.8 cm³/mol. The van der Waals surface area contributed by atoms with Crippen LogP contribution in [0.1, 0.15) is 31.2 Å². The first-order valence-corrected chi connectivity index (χ1v) is 7.66. The van der Waals surface area contributed by atoms with E-state index < -0.39 is 0 Å². The molecule has 0 aliphatic carbocycles. The van der Waals surface area contributed by atoms with E-state index in [9.17, 15) is 4.79 Å². The van der Waals surface area contributed by atoms with E-state index in [1.165, 1.54) is 12.8 Å². The number of benzene rings is 1. The van der Waals surface area contributed by atoms with Crippen molar-refractivity contribution in [3.63, 3.8) is 0 Å². The number of nitrogens with two attached hydrogens (primary N) is 1. The fourth-order valence-corrected chi connectivity index (χ4v) is 3.31. The van der Waals surface area contributed by atoms with Gasteiger partial charge in [-0.2, -0.15) is 0 Å². The van der Waals surface area contributed by atoms with Gasteiger partial charge in [0, 0.05) is 30.9 Å². The van der Waals surface area contributed by atoms with Gasteiger partial charge in [0.05, 0.1) is 0 Å². The summed E-state index contributed by atoms with van der Waals surface area (Å²) in [6.45, 7) is 4.02. The summed E-state index contributed by atoms with van der Waals surface area (Å²) in [6.07, 6.45) is 5.16. The summed E-state index contributed by atoms with van der Waals surface area (Å²) < 4.78 is 0. The van der Waals surface area contributed by atoms with Crippen molar-refractivity contribution >= 4 is 17.3 Å². The Bertz CT molecular complexity index is 494. The van der Waals surface area contributed by atoms with Crippen LogP contribution < -0.4 is 10.6 Å². The van der Waals surface area contributed by atoms with Gasteiger partial charge >= 0.3 is 0 Å². The van der Waals surface area contributed by atoms with Gasteiger partial charge in [0.15, 0.2) is 0 Å². The van der Waals surface area contributed by atoms with Gasteiger partial charge in [-0.25, -0.2) is 0 Å². The van der Waals surface area contributed by atoms with Crippen molar-refractivity contribution in [1.29, 1.82) is 0 Å². The topological polar surface area (TPSA) is 49.6 Å². The van der Waals surface area contributed by atoms with Gasteiger partial charge in [0.25, 0.3) is 0 Å². The van der Waals surface area contributed by atoms with Crippen molar-refractivity contribution in [2.75, 3.05) is 36.8 Å². The second-order valence-electron chi connectivity index (χ2n) is 5.79. The van der Waals surface area contributed by atoms with Gasteiger partial charge in [-0.1, -0.05) is 6.07 Å². The average molecular weight is 273 g/mol. The Morgan fingerprint density at radius 3 is 2.75 bits per heavy atom. The SMILES string of the molecule is Nc1cccc2c1CCCN2C(=O)CCN1CCCC1. The number of fused-ring (bicyclic) bond motifs is 1. The fraction of sp³-hybridized carbons (Fsp3) is 0.562. The third kappa shape index (κ3) is 2.66. The molecular formula is C16H23N3O. The maximum atomic E-state index is 12.5. The highest BCUT2D eigenvalue weighted by Gasteiger charge is 2.24. The minimum Gasteiger partial charge on any atom is -0.398 e. The van der Waals surface area contributed by atoms with Crippen LogP contribution in [0.2, 0.25) is 0 Å². The normalized spacial score (nSPS) is 19.1. The second-order valence-corrected chi connectivity index (χ2v) is 5.79. The number of likely N-dealkylation sites (tertiary alicyclic amines) is 1. The molecule has 20 heavy (non-hydrogen) atoms. The molecule has 1 aromatic rings. The van der Waals surface area contributed by atoms with E-state index in [0.29, 0.717) is 6.42 Å². The molecule has 1 saturated heterocycles. The molecular weight excluding hydrogens is 250 g/mol. The molecule has 2 aliphatic rings. The zero-order valence-corrected chi connectivity index (χ0v) is 12.0. The van der Waals surface area contributed by atoms with Gasteiger partial charge in [0.1, 0.15) is 0 Å². The lowest BCUT2D eigenvalue weighted by Crippen LogP contribution is -2.37. The lowest BCUT2D eigenvalue weighted by atomic mass is 9.99. The Labute approximate surface area is 120 Å². The highest BCUT2D eigenvalue weighted by molar-refractivity contribution is 5.95. The van der Waals surface area contributed by atoms with E-state index in [2.05, 4.69) is 4.90 Å². The number of carbonyl (C=O) groups is 1. The van der Waals surface area contributed by atoms with Crippen LogP contribution in [-0.4, -0.2) is 37.0 Å². The molecule has 1 aromatic carbocycles. The average Bonchev–Trinajstić information content (AvgIpc) is 2.98. The quantitative estimate of drug-likeness (QED) is 0.857. The molecule has 4 heteroatoms. The minimum atomic E-state index is 0.239. The van der Waals surface area contributed by atoms with E-state index in [1.54, 1.807) is 0 Å². The van der Waals surface area contributed by atoms with E-state index in [-0.39, 0.29) is 5.91 Å². The Hall–Kier alpha value is -1.55. The highest BCUT2D eigenvalue weighted by atomic mass is 16.2. The van der Waals surface area contributed by atoms with Crippen LogP contribution in [0, 0.1) is 0 Å². The van der Waals surface area contributed by atoms with Gasteiger partial charge in [0.2, 0.25) is 5.91 Å². The van der Waals surface area contributed by atoms with Crippen molar-refractivity contribution in [3.05, 3.63) is 23.8 Å². The Kier molecular flexibility index (Phi) is 3.92. The Balaban J connectivity index is 1.68. The van der Waals surface area contributed by atoms with Crippen LogP contribution in [-0.2, 0) is 11.2 Å². The van der Waals surface area contributed by atoms with Crippen molar-refractivity contribution < 1.29 is 4.79 Å². The lowest BCUT2D eigenvalue weighted by Gasteiger charge is -2.30. The van der Waals surface area contributed by atoms with Gasteiger partial charge in [-0.3, -0.25) is 4.79 Å². The largest absolute Gasteiger partial charge is 0.398 e. The Morgan fingerprint density at radius 2 is 1.95 bits per heavy atom. The third-order valence-electron chi connectivity index (χ3n) is 4.43. The number of carbonyl (C=O) groups excluding carboxylic acids is 1. The number of hydrogen-bond donors (Lipinski definition) is 1. The molecule has 0 spiro atoms. The number of anilines is 2. The smallest absolute Gasteiger partial charge is 0.228 e. The molecule has 0 saturated carbocycles. The summed E-state index contributed by atoms with van der Waals surface area (Å²) in [5.74, 6) is 0.239. The predicted octanol–water partition coefficient (Wildman–Crippen LogP) is 2.03. The van der Waals surface area contributed by atoms with E-state index in [0.717, 1.165) is 56.0 Å². The molecule has 1 amide bonds. The van der Waals surface area contributed by atoms with E-state index >= 15 is 0 Å². The molecule has 4 nitrogen and oxygen atoms in total. The fourth-order valence-electron chi connectivity index (χ4n) is 3.31. The van der Waals surface area contributed by atoms with Crippen molar-refractivity contribution in [1.82, 2.24) is 4.90 Å². The van der Waals surface area contributed by atoms with Gasteiger partial charge in [-0.05, 0) is 56.5 Å². The standard InChI is InChI=1S/C16H23N3O/c17-14-6-3-7-15-13(14)5-4-11-19(15)16(20)8-12-18-9-1-2-10-18/h3,6-7H,1-2,4-5,8-12,17H2. The van der Waals surface area contributed by atoms with Gasteiger partial charge in [-0.15, -0.1) is 0 Å². The number of nitrogen functional groups attached to an aromatic ring is 1. The second kappa shape index (κ2) is 5.83. The van der Waals surface area contributed by atoms with Crippen molar-refractivity contribution in [2.24, 2.45) is 0 Å². The van der Waals surface area contributed by atoms with Crippen LogP contribution in [0.15, 0.2) is 18.2 Å². The van der Waals surface area contributed by atoms with Crippen LogP contribution >= 0.6 is 0 Å². The molecule has 2 N–H and O–H groups in total. The number of nitrogens with zero attached hydrogens (tertiary/aromatic N) is 2. The first-order valence-electron chi connectivity index (χ1n) is 7.66. The monoisotopic (exact) mass is 273 g/mol. The minimum absolute atomic E-state index is 0.239. The third-order valence-corrected chi connectivity index (χ3v) is 4.43. The molecule has 2 heterocycles. The first-order chi connectivity index (χ1) is 9.75. The molecule has 0 radical (unpaired) electrons. The molecule has 0 atom stereocenters. The summed E-state index contributed by atoms with van der Waals surface area (Å²) in [7, 11) is 0. The summed E-state index contributed by atoms with van der Waals surface area (Å²) in [4.78, 5) is 16.8. The number of hydrogen-bond acceptors (Lipinski definition) is 3. The maximum absolute atomic E-state index is 12.5. The molecule has 1 fully saturated rings. The summed E-state index contributed by atoms with van der Waals surface area (Å²) in [6, 6.07) is 5.90. The van der Waals surface area contributed by atoms with E-state index in [1.807, 2.05) is 23.1 Å². The maximum Gasteiger partial charge on any atom is 0.228 e. The lowest BCUT2D eigenvalue weighted by molar-refractivity contribution is -0.119. The van der Waals surface area contributed by atoms with E-state index in [4.69, 9.17) is 5.73 Å². The first kappa shape index (κ1) is 13.4. The molecule has 2 aliphatic heterocycles. The summed E-state index contributed by atoms with van der Waals surface area (Å²) >= 11 is 0. The summed E-state index contributed by atoms with van der Waals surface area (Å²) in [5.41, 5.74) is 9.03.